The molecule has 0 bridgehead atoms. The molecule has 2 aromatic heterocycles. The van der Waals surface area contributed by atoms with Crippen LogP contribution < -0.4 is 15.8 Å². The summed E-state index contributed by atoms with van der Waals surface area (Å²) >= 11 is 0. The maximum Gasteiger partial charge on any atom is 0.333 e. The van der Waals surface area contributed by atoms with E-state index in [0.717, 1.165) is 22.2 Å². The van der Waals surface area contributed by atoms with E-state index in [-0.39, 0.29) is 44.8 Å². The fourth-order valence-corrected chi connectivity index (χ4v) is 12.2. The topological polar surface area (TPSA) is 21.3 Å². The average Bonchev–Trinajstić information content (AvgIpc) is 3.87. The van der Waals surface area contributed by atoms with Gasteiger partial charge in [0.25, 0.3) is 0 Å². The normalized spacial score (nSPS) is 14.3. The van der Waals surface area contributed by atoms with E-state index in [9.17, 15) is 0 Å². The number of benzene rings is 7. The standard InChI is InChI=1S/C72H83BN2O/c1-66(2,3)44-26-22-42(23-27-44)61-55-37-47(69(10,11)12)35-53-52-34-49(71(16,17)18)39-59-62(52)73(75(64(53)55)63(61)43-24-28-45(29-25-43)67(4,5)6)57-41-60-51(40-58(57)74(59)50-32-30-46(31-33-50)68(7,8)9)54-36-48(70(13,14)15)38-56(65(54)76-60)72(19,20)21/h22-41H,1-21H3. The van der Waals surface area contributed by atoms with Crippen LogP contribution in [-0.2, 0) is 37.9 Å². The van der Waals surface area contributed by atoms with Crippen molar-refractivity contribution in [1.29, 1.82) is 0 Å². The van der Waals surface area contributed by atoms with Crippen LogP contribution in [0.4, 0.5) is 17.1 Å². The van der Waals surface area contributed by atoms with Gasteiger partial charge in [-0.15, -0.1) is 0 Å². The molecule has 0 amide bonds. The fourth-order valence-electron chi connectivity index (χ4n) is 12.2. The molecule has 0 radical (unpaired) electrons. The third kappa shape index (κ3) is 8.38. The van der Waals surface area contributed by atoms with E-state index in [2.05, 4.69) is 276 Å². The Bertz CT molecular complexity index is 3810. The maximum absolute atomic E-state index is 7.37. The molecule has 11 rings (SSSR count). The number of fused-ring (bicyclic) bond motifs is 7. The van der Waals surface area contributed by atoms with Gasteiger partial charge in [0.15, 0.2) is 0 Å². The zero-order chi connectivity index (χ0) is 54.9. The summed E-state index contributed by atoms with van der Waals surface area (Å²) in [6.07, 6.45) is 0. The molecule has 4 heterocycles. The minimum Gasteiger partial charge on any atom is -0.456 e. The molecule has 0 saturated carbocycles. The van der Waals surface area contributed by atoms with E-state index in [1.807, 2.05) is 0 Å². The van der Waals surface area contributed by atoms with Crippen molar-refractivity contribution in [3.8, 4) is 33.5 Å². The van der Waals surface area contributed by atoms with Gasteiger partial charge in [0.1, 0.15) is 11.2 Å². The zero-order valence-corrected chi connectivity index (χ0v) is 49.9. The molecule has 4 heteroatoms. The van der Waals surface area contributed by atoms with Crippen molar-refractivity contribution in [1.82, 2.24) is 4.48 Å². The second kappa shape index (κ2) is 16.6. The second-order valence-corrected chi connectivity index (χ2v) is 30.1. The number of furan rings is 1. The van der Waals surface area contributed by atoms with E-state index in [4.69, 9.17) is 4.42 Å². The van der Waals surface area contributed by atoms with Gasteiger partial charge >= 0.3 is 6.85 Å². The largest absolute Gasteiger partial charge is 0.456 e. The Labute approximate surface area is 456 Å². The van der Waals surface area contributed by atoms with Crippen molar-refractivity contribution in [2.75, 3.05) is 4.90 Å². The molecular weight excluding hydrogens is 920 g/mol. The molecule has 390 valence electrons. The van der Waals surface area contributed by atoms with E-state index in [1.165, 1.54) is 111 Å². The third-order valence-electron chi connectivity index (χ3n) is 17.0. The van der Waals surface area contributed by atoms with Crippen molar-refractivity contribution in [3.63, 3.8) is 0 Å². The average molecular weight is 1000 g/mol. The highest BCUT2D eigenvalue weighted by molar-refractivity contribution is 6.90. The van der Waals surface area contributed by atoms with Gasteiger partial charge < -0.3 is 13.8 Å². The molecule has 76 heavy (non-hydrogen) atoms. The van der Waals surface area contributed by atoms with Crippen molar-refractivity contribution in [2.24, 2.45) is 0 Å². The molecular formula is C72H83BN2O. The number of rotatable bonds is 3. The lowest BCUT2D eigenvalue weighted by molar-refractivity contribution is 0.559. The van der Waals surface area contributed by atoms with Crippen molar-refractivity contribution in [2.45, 2.75) is 183 Å². The Hall–Kier alpha value is -6.26. The lowest BCUT2D eigenvalue weighted by atomic mass is 9.44. The number of nitrogens with zero attached hydrogens (tertiary/aromatic N) is 2. The van der Waals surface area contributed by atoms with Gasteiger partial charge in [-0.05, 0) is 147 Å². The summed E-state index contributed by atoms with van der Waals surface area (Å²) in [6, 6.07) is 48.6. The summed E-state index contributed by atoms with van der Waals surface area (Å²) in [5.74, 6) is 0. The highest BCUT2D eigenvalue weighted by atomic mass is 16.3. The Kier molecular flexibility index (Phi) is 11.3. The first-order valence-electron chi connectivity index (χ1n) is 28.2. The predicted octanol–water partition coefficient (Wildman–Crippen LogP) is 19.4. The summed E-state index contributed by atoms with van der Waals surface area (Å²) in [5.41, 5.74) is 25.7. The highest BCUT2D eigenvalue weighted by Crippen LogP contribution is 2.53. The molecule has 0 aliphatic carbocycles. The van der Waals surface area contributed by atoms with Crippen molar-refractivity contribution in [3.05, 3.63) is 160 Å². The minimum atomic E-state index is -0.195. The summed E-state index contributed by atoms with van der Waals surface area (Å²) in [7, 11) is 0. The van der Waals surface area contributed by atoms with Gasteiger partial charge in [0.2, 0.25) is 0 Å². The monoisotopic (exact) mass is 1000 g/mol. The molecule has 0 N–H and O–H groups in total. The second-order valence-electron chi connectivity index (χ2n) is 30.1. The van der Waals surface area contributed by atoms with Crippen LogP contribution in [0.5, 0.6) is 0 Å². The molecule has 0 fully saturated rings. The first-order valence-corrected chi connectivity index (χ1v) is 28.2. The van der Waals surface area contributed by atoms with Gasteiger partial charge in [-0.25, -0.2) is 0 Å². The predicted molar refractivity (Wildman–Crippen MR) is 332 cm³/mol. The minimum absolute atomic E-state index is 0.00494. The lowest BCUT2D eigenvalue weighted by Gasteiger charge is -2.42. The summed E-state index contributed by atoms with van der Waals surface area (Å²) in [5, 5.41) is 3.63. The van der Waals surface area contributed by atoms with Crippen LogP contribution in [-0.4, -0.2) is 11.3 Å². The number of anilines is 3. The number of aromatic nitrogens is 1. The Balaban J connectivity index is 1.36. The fraction of sp³-hybridized carbons (Fsp3) is 0.389. The molecule has 9 aromatic rings. The first kappa shape index (κ1) is 51.8. The lowest BCUT2D eigenvalue weighted by Crippen LogP contribution is -2.57. The van der Waals surface area contributed by atoms with Crippen LogP contribution in [0.15, 0.2) is 126 Å². The quantitative estimate of drug-likeness (QED) is 0.165. The third-order valence-corrected chi connectivity index (χ3v) is 17.0. The van der Waals surface area contributed by atoms with Crippen LogP contribution in [0.1, 0.15) is 184 Å². The van der Waals surface area contributed by atoms with E-state index < -0.39 is 0 Å². The van der Waals surface area contributed by atoms with Crippen LogP contribution in [0.25, 0.3) is 66.4 Å². The van der Waals surface area contributed by atoms with Crippen molar-refractivity contribution < 1.29 is 4.42 Å². The summed E-state index contributed by atoms with van der Waals surface area (Å²) in [4.78, 5) is 2.62. The first-order chi connectivity index (χ1) is 35.1. The molecule has 0 atom stereocenters. The highest BCUT2D eigenvalue weighted by Gasteiger charge is 2.46. The molecule has 3 nitrogen and oxygen atoms in total. The van der Waals surface area contributed by atoms with Crippen LogP contribution >= 0.6 is 0 Å². The molecule has 7 aromatic carbocycles. The summed E-state index contributed by atoms with van der Waals surface area (Å²) in [6.45, 7) is 48.9. The number of hydrogen-bond donors (Lipinski definition) is 0. The molecule has 2 aliphatic rings. The van der Waals surface area contributed by atoms with E-state index in [0.29, 0.717) is 0 Å². The van der Waals surface area contributed by atoms with Gasteiger partial charge in [-0.2, -0.15) is 0 Å². The Morgan fingerprint density at radius 1 is 0.382 bits per heavy atom. The Morgan fingerprint density at radius 3 is 1.36 bits per heavy atom. The van der Waals surface area contributed by atoms with Crippen LogP contribution in [0, 0.1) is 0 Å². The van der Waals surface area contributed by atoms with Gasteiger partial charge in [0.05, 0.1) is 0 Å². The smallest absolute Gasteiger partial charge is 0.333 e. The van der Waals surface area contributed by atoms with E-state index >= 15 is 0 Å². The summed E-state index contributed by atoms with van der Waals surface area (Å²) < 4.78 is 10.2. The maximum atomic E-state index is 7.37. The van der Waals surface area contributed by atoms with Gasteiger partial charge in [0, 0.05) is 61.1 Å². The van der Waals surface area contributed by atoms with Crippen molar-refractivity contribution >= 4 is 67.7 Å². The Morgan fingerprint density at radius 2 is 0.842 bits per heavy atom. The SMILES string of the molecule is CC(C)(C)c1ccc(-c2c(-c3ccc(C(C)(C)C)cc3)n3c4c(cc(C(C)(C)C)cc24)-c2cc(C(C)(C)C)cc4c2B3c2cc3oc5c(C(C)(C)C)cc(C(C)(C)C)cc5c3cc2N4c2ccc(C(C)(C)C)cc2)cc1. The molecule has 0 spiro atoms. The zero-order valence-electron chi connectivity index (χ0n) is 49.9. The van der Waals surface area contributed by atoms with Gasteiger partial charge in [-0.1, -0.05) is 218 Å². The van der Waals surface area contributed by atoms with Crippen LogP contribution in [0.3, 0.4) is 0 Å². The van der Waals surface area contributed by atoms with E-state index in [1.54, 1.807) is 0 Å². The molecule has 2 aliphatic heterocycles. The number of hydrogen-bond acceptors (Lipinski definition) is 2. The molecule has 0 saturated heterocycles. The molecule has 0 unspecified atom stereocenters. The van der Waals surface area contributed by atoms with Gasteiger partial charge in [-0.3, -0.25) is 0 Å². The van der Waals surface area contributed by atoms with Crippen LogP contribution in [0.2, 0.25) is 0 Å².